The number of hydrogen-bond donors (Lipinski definition) is 0. The van der Waals surface area contributed by atoms with E-state index >= 15 is 0 Å². The number of ether oxygens (including phenoxy) is 1. The SMILES string of the molecule is C[Si](C)(C)CCOCn1nc(C(=O)c2scnc2Br)cc1C#N. The third kappa shape index (κ3) is 4.81. The summed E-state index contributed by atoms with van der Waals surface area (Å²) in [4.78, 5) is 16.9. The van der Waals surface area contributed by atoms with Crippen molar-refractivity contribution in [3.63, 3.8) is 0 Å². The molecule has 0 saturated heterocycles. The number of carbonyl (C=O) groups is 1. The molecule has 2 rings (SSSR count). The monoisotopic (exact) mass is 412 g/mol. The number of rotatable bonds is 7. The van der Waals surface area contributed by atoms with Gasteiger partial charge in [-0.2, -0.15) is 10.4 Å². The molecule has 0 N–H and O–H groups in total. The predicted molar refractivity (Wildman–Crippen MR) is 94.3 cm³/mol. The quantitative estimate of drug-likeness (QED) is 0.394. The van der Waals surface area contributed by atoms with Crippen LogP contribution in [0.3, 0.4) is 0 Å². The second kappa shape index (κ2) is 7.48. The Bertz CT molecular complexity index is 745. The average molecular weight is 413 g/mol. The van der Waals surface area contributed by atoms with E-state index in [9.17, 15) is 10.1 Å². The fourth-order valence-corrected chi connectivity index (χ4v) is 3.82. The maximum atomic E-state index is 12.4. The zero-order chi connectivity index (χ0) is 17.0. The van der Waals surface area contributed by atoms with Crippen LogP contribution >= 0.6 is 27.3 Å². The van der Waals surface area contributed by atoms with E-state index in [1.54, 1.807) is 5.51 Å². The van der Waals surface area contributed by atoms with Gasteiger partial charge in [0.05, 0.1) is 5.51 Å². The molecule has 6 nitrogen and oxygen atoms in total. The van der Waals surface area contributed by atoms with E-state index in [0.29, 0.717) is 21.8 Å². The minimum Gasteiger partial charge on any atom is -0.359 e. The first-order valence-corrected chi connectivity index (χ1v) is 12.4. The summed E-state index contributed by atoms with van der Waals surface area (Å²) in [6.07, 6.45) is 0. The molecule has 122 valence electrons. The molecular weight excluding hydrogens is 396 g/mol. The summed E-state index contributed by atoms with van der Waals surface area (Å²) in [5.41, 5.74) is 2.11. The van der Waals surface area contributed by atoms with Gasteiger partial charge in [0.15, 0.2) is 0 Å². The molecule has 2 aromatic heterocycles. The Morgan fingerprint density at radius 3 is 2.83 bits per heavy atom. The normalized spacial score (nSPS) is 11.4. The van der Waals surface area contributed by atoms with Crippen LogP contribution in [0.2, 0.25) is 25.7 Å². The highest BCUT2D eigenvalue weighted by molar-refractivity contribution is 9.10. The summed E-state index contributed by atoms with van der Waals surface area (Å²) in [6, 6.07) is 4.56. The van der Waals surface area contributed by atoms with Crippen molar-refractivity contribution in [3.8, 4) is 6.07 Å². The van der Waals surface area contributed by atoms with E-state index < -0.39 is 8.07 Å². The standard InChI is InChI=1S/C14H17BrN4O2SSi/c1-23(2,3)5-4-21-9-19-10(7-16)6-11(18-19)12(20)13-14(15)17-8-22-13/h6,8H,4-5,9H2,1-3H3. The summed E-state index contributed by atoms with van der Waals surface area (Å²) >= 11 is 4.47. The maximum Gasteiger partial charge on any atom is 0.225 e. The van der Waals surface area contributed by atoms with E-state index in [-0.39, 0.29) is 18.2 Å². The third-order valence-electron chi connectivity index (χ3n) is 3.07. The zero-order valence-corrected chi connectivity index (χ0v) is 16.6. The van der Waals surface area contributed by atoms with Crippen LogP contribution in [-0.4, -0.2) is 35.2 Å². The number of nitriles is 1. The first kappa shape index (κ1) is 18.0. The number of nitrogens with zero attached hydrogens (tertiary/aromatic N) is 4. The summed E-state index contributed by atoms with van der Waals surface area (Å²) in [7, 11) is -1.16. The van der Waals surface area contributed by atoms with Crippen molar-refractivity contribution >= 4 is 41.1 Å². The molecule has 2 aromatic rings. The van der Waals surface area contributed by atoms with Crippen molar-refractivity contribution in [2.45, 2.75) is 32.4 Å². The van der Waals surface area contributed by atoms with Gasteiger partial charge in [0.1, 0.15) is 33.7 Å². The lowest BCUT2D eigenvalue weighted by atomic mass is 10.2. The average Bonchev–Trinajstić information content (AvgIpc) is 3.08. The van der Waals surface area contributed by atoms with Gasteiger partial charge in [-0.05, 0) is 22.0 Å². The topological polar surface area (TPSA) is 80.8 Å². The number of hydrogen-bond acceptors (Lipinski definition) is 6. The van der Waals surface area contributed by atoms with Gasteiger partial charge in [-0.15, -0.1) is 11.3 Å². The largest absolute Gasteiger partial charge is 0.359 e. The number of carbonyl (C=O) groups excluding carboxylic acids is 1. The summed E-state index contributed by atoms with van der Waals surface area (Å²) < 4.78 is 7.52. The molecule has 23 heavy (non-hydrogen) atoms. The summed E-state index contributed by atoms with van der Waals surface area (Å²) in [5.74, 6) is -0.253. The number of thiazole rings is 1. The molecule has 2 heterocycles. The van der Waals surface area contributed by atoms with Crippen LogP contribution in [0.5, 0.6) is 0 Å². The molecule has 0 spiro atoms. The predicted octanol–water partition coefficient (Wildman–Crippen LogP) is 3.52. The van der Waals surface area contributed by atoms with Gasteiger partial charge in [0.2, 0.25) is 5.78 Å². The van der Waals surface area contributed by atoms with E-state index in [2.05, 4.69) is 45.7 Å². The van der Waals surface area contributed by atoms with Crippen molar-refractivity contribution in [2.24, 2.45) is 0 Å². The molecule has 0 fully saturated rings. The van der Waals surface area contributed by atoms with E-state index in [0.717, 1.165) is 6.04 Å². The molecule has 0 atom stereocenters. The Balaban J connectivity index is 2.08. The zero-order valence-electron chi connectivity index (χ0n) is 13.2. The lowest BCUT2D eigenvalue weighted by Gasteiger charge is -2.15. The fraction of sp³-hybridized carbons (Fsp3) is 0.429. The van der Waals surface area contributed by atoms with Gasteiger partial charge in [0.25, 0.3) is 0 Å². The number of aromatic nitrogens is 3. The van der Waals surface area contributed by atoms with Crippen molar-refractivity contribution < 1.29 is 9.53 Å². The molecule has 0 radical (unpaired) electrons. The van der Waals surface area contributed by atoms with E-state index in [1.807, 2.05) is 6.07 Å². The van der Waals surface area contributed by atoms with Crippen molar-refractivity contribution in [2.75, 3.05) is 6.61 Å². The Labute approximate surface area is 148 Å². The van der Waals surface area contributed by atoms with Crippen LogP contribution < -0.4 is 0 Å². The molecule has 0 unspecified atom stereocenters. The fourth-order valence-electron chi connectivity index (χ4n) is 1.74. The molecule has 0 amide bonds. The molecule has 0 bridgehead atoms. The Morgan fingerprint density at radius 2 is 2.26 bits per heavy atom. The van der Waals surface area contributed by atoms with Gasteiger partial charge in [-0.3, -0.25) is 4.79 Å². The van der Waals surface area contributed by atoms with Gasteiger partial charge in [0, 0.05) is 20.7 Å². The highest BCUT2D eigenvalue weighted by Gasteiger charge is 2.20. The number of ketones is 1. The maximum absolute atomic E-state index is 12.4. The smallest absolute Gasteiger partial charge is 0.225 e. The molecule has 0 aromatic carbocycles. The van der Waals surface area contributed by atoms with Crippen molar-refractivity contribution in [1.29, 1.82) is 5.26 Å². The van der Waals surface area contributed by atoms with Crippen LogP contribution in [-0.2, 0) is 11.5 Å². The first-order valence-electron chi connectivity index (χ1n) is 7.01. The van der Waals surface area contributed by atoms with Crippen LogP contribution in [0.4, 0.5) is 0 Å². The Hall–Kier alpha value is -1.34. The molecule has 0 aliphatic heterocycles. The lowest BCUT2D eigenvalue weighted by Crippen LogP contribution is -2.22. The highest BCUT2D eigenvalue weighted by Crippen LogP contribution is 2.22. The Morgan fingerprint density at radius 1 is 1.52 bits per heavy atom. The van der Waals surface area contributed by atoms with Crippen molar-refractivity contribution in [3.05, 3.63) is 32.4 Å². The second-order valence-electron chi connectivity index (χ2n) is 6.18. The van der Waals surface area contributed by atoms with Crippen LogP contribution in [0.15, 0.2) is 16.2 Å². The van der Waals surface area contributed by atoms with Crippen LogP contribution in [0, 0.1) is 11.3 Å². The molecule has 0 aliphatic carbocycles. The second-order valence-corrected chi connectivity index (χ2v) is 13.4. The summed E-state index contributed by atoms with van der Waals surface area (Å²) in [6.45, 7) is 7.62. The molecule has 0 aliphatic rings. The molecule has 9 heteroatoms. The Kier molecular flexibility index (Phi) is 5.86. The minimum atomic E-state index is -1.16. The first-order chi connectivity index (χ1) is 10.8. The minimum absolute atomic E-state index is 0.171. The third-order valence-corrected chi connectivity index (χ3v) is 6.46. The highest BCUT2D eigenvalue weighted by atomic mass is 79.9. The van der Waals surface area contributed by atoms with Gasteiger partial charge in [-0.25, -0.2) is 9.67 Å². The molecule has 0 saturated carbocycles. The van der Waals surface area contributed by atoms with Gasteiger partial charge >= 0.3 is 0 Å². The summed E-state index contributed by atoms with van der Waals surface area (Å²) in [5, 5.41) is 13.4. The van der Waals surface area contributed by atoms with Crippen LogP contribution in [0.1, 0.15) is 21.1 Å². The number of halogens is 1. The van der Waals surface area contributed by atoms with Gasteiger partial charge < -0.3 is 4.74 Å². The van der Waals surface area contributed by atoms with Crippen molar-refractivity contribution in [1.82, 2.24) is 14.8 Å². The molecular formula is C14H17BrN4O2SSi. The van der Waals surface area contributed by atoms with E-state index in [1.165, 1.54) is 22.1 Å². The van der Waals surface area contributed by atoms with Gasteiger partial charge in [-0.1, -0.05) is 19.6 Å². The lowest BCUT2D eigenvalue weighted by molar-refractivity contribution is 0.0774. The van der Waals surface area contributed by atoms with Crippen LogP contribution in [0.25, 0.3) is 0 Å². The van der Waals surface area contributed by atoms with E-state index in [4.69, 9.17) is 4.74 Å².